The van der Waals surface area contributed by atoms with E-state index in [4.69, 9.17) is 43.7 Å². The van der Waals surface area contributed by atoms with Crippen LogP contribution in [0.3, 0.4) is 0 Å². The molecule has 21 heteroatoms. The van der Waals surface area contributed by atoms with Crippen LogP contribution >= 0.6 is 34.0 Å². The van der Waals surface area contributed by atoms with Crippen LogP contribution in [0.25, 0.3) is 0 Å². The molecule has 3 aromatic heterocycles. The average molecular weight is 1850 g/mol. The third-order valence-electron chi connectivity index (χ3n) is 9.25. The molecule has 6 heterocycles. The van der Waals surface area contributed by atoms with Gasteiger partial charge in [-0.3, -0.25) is 0 Å². The smallest absolute Gasteiger partial charge is 0.172 e. The summed E-state index contributed by atoms with van der Waals surface area (Å²) in [5, 5.41) is 57.8. The van der Waals surface area contributed by atoms with Gasteiger partial charge in [-0.1, -0.05) is 107 Å². The largest absolute Gasteiger partial charge is 0.507 e. The number of hydrogen-bond donors (Lipinski definition) is 5. The summed E-state index contributed by atoms with van der Waals surface area (Å²) in [6.45, 7) is 50.8. The van der Waals surface area contributed by atoms with E-state index in [9.17, 15) is 10.2 Å². The van der Waals surface area contributed by atoms with Crippen LogP contribution in [0.1, 0.15) is 195 Å². The summed E-state index contributed by atoms with van der Waals surface area (Å²) in [6.07, 6.45) is 0.438. The van der Waals surface area contributed by atoms with Crippen molar-refractivity contribution >= 4 is 34.0 Å². The van der Waals surface area contributed by atoms with Gasteiger partial charge in [-0.05, 0) is 83.1 Å². The first-order valence-corrected chi connectivity index (χ1v) is 32.6. The van der Waals surface area contributed by atoms with Crippen molar-refractivity contribution in [3.63, 3.8) is 0 Å². The molecule has 3 aliphatic rings. The molecule has 7 radical (unpaired) electrons. The fraction of sp³-hybridized carbons (Fsp3) is 0.549. The van der Waals surface area contributed by atoms with Gasteiger partial charge in [0.15, 0.2) is 40.6 Å². The number of aliphatic hydroxyl groups is 3. The molecular formula is C71H106O11S3Y7-2. The molecule has 2 aromatic carbocycles. The minimum absolute atomic E-state index is 0. The summed E-state index contributed by atoms with van der Waals surface area (Å²) in [5.41, 5.74) is 2.27. The van der Waals surface area contributed by atoms with Crippen molar-refractivity contribution in [1.82, 2.24) is 0 Å². The third kappa shape index (κ3) is 55.5. The second-order valence-corrected chi connectivity index (χ2v) is 23.3. The van der Waals surface area contributed by atoms with Crippen LogP contribution in [0.15, 0.2) is 56.5 Å². The van der Waals surface area contributed by atoms with Crippen molar-refractivity contribution < 1.29 is 283 Å². The maximum absolute atomic E-state index is 9.96. The Morgan fingerprint density at radius 2 is 0.685 bits per heavy atom. The summed E-state index contributed by atoms with van der Waals surface area (Å²) in [4.78, 5) is 0. The Balaban J connectivity index is -0.000000109. The van der Waals surface area contributed by atoms with Crippen LogP contribution in [0.4, 0.5) is 0 Å². The number of aromatic hydroxyl groups is 2. The van der Waals surface area contributed by atoms with E-state index < -0.39 is 0 Å². The fourth-order valence-corrected chi connectivity index (χ4v) is 7.49. The predicted molar refractivity (Wildman–Crippen MR) is 360 cm³/mol. The molecule has 92 heavy (non-hydrogen) atoms. The fourth-order valence-electron chi connectivity index (χ4n) is 5.46. The molecule has 0 saturated heterocycles. The van der Waals surface area contributed by atoms with Crippen molar-refractivity contribution in [2.45, 2.75) is 185 Å². The summed E-state index contributed by atoms with van der Waals surface area (Å²) in [6, 6.07) is 12.9. The van der Waals surface area contributed by atoms with Crippen molar-refractivity contribution in [2.24, 2.45) is 27.6 Å². The maximum atomic E-state index is 9.96. The van der Waals surface area contributed by atoms with Crippen LogP contribution in [0, 0.1) is 87.1 Å². The van der Waals surface area contributed by atoms with Gasteiger partial charge in [0.25, 0.3) is 0 Å². The van der Waals surface area contributed by atoms with E-state index in [0.717, 1.165) is 52.0 Å². The monoisotopic (exact) mass is 1850 g/mol. The SMILES string of the molecule is CC.CC.CC.CC.CC.CC.CC(C)(C)C#Cc1[c-]cc(C#CC(C)(C)C)[c-]c1.CC(C)(C)C#Cc1cc(O)c(C#CC(C)(C)C)cc1O.OCC1CCOc2cscc2O1.OCC1COc2cscc2O1.OCC1COc2cscc2OC1.[Y].[Y].[Y].[Y].[Y].[Y].[Y]. The Morgan fingerprint density at radius 3 is 0.989 bits per heavy atom. The first-order chi connectivity index (χ1) is 40.3. The minimum Gasteiger partial charge on any atom is -0.507 e. The summed E-state index contributed by atoms with van der Waals surface area (Å²) >= 11 is 4.64. The van der Waals surface area contributed by atoms with E-state index >= 15 is 0 Å². The molecule has 497 valence electrons. The first kappa shape index (κ1) is 115. The standard InChI is InChI=1S/C18H22O2.C18H20.2C8H10O3S.C7H8O3S.6C2H6.7Y/c1-17(2,3)9-7-13-11-16(20)14(12-15(13)19)8-10-18(4,5)6;1-17(2,3)13-11-15-7-9-16(10-8-15)12-14-18(4,5)6;9-1-6-2-10-7-4-12-5-8(7)11-3-6;9-3-6-1-2-10-7-4-12-5-8(7)11-6;8-1-5-2-9-6-3-11-4-7(6)10-5;6*1-2;;;;;;;/h11-12,19-20H,1-6H3;7,10H,1-6H3;2*4-6,9H,1-3H2;3-5,8H,1-2H2;6*1-2H3;;;;;;;/q;-2;;;;;;;;;;;;;;;;. The van der Waals surface area contributed by atoms with Crippen molar-refractivity contribution in [1.29, 1.82) is 0 Å². The maximum Gasteiger partial charge on any atom is 0.172 e. The molecule has 2 unspecified atom stereocenters. The molecule has 5 aromatic rings. The Bertz CT molecular complexity index is 2650. The van der Waals surface area contributed by atoms with Crippen LogP contribution in [0.2, 0.25) is 0 Å². The van der Waals surface area contributed by atoms with E-state index in [1.54, 1.807) is 22.7 Å². The molecule has 0 aliphatic carbocycles. The zero-order valence-corrected chi connectivity index (χ0v) is 82.4. The topological polar surface area (TPSA) is 157 Å². The summed E-state index contributed by atoms with van der Waals surface area (Å²) in [7, 11) is 0. The second-order valence-electron chi connectivity index (χ2n) is 21.1. The molecule has 11 nitrogen and oxygen atoms in total. The number of benzene rings is 2. The van der Waals surface area contributed by atoms with Gasteiger partial charge in [0.1, 0.15) is 24.2 Å². The zero-order valence-electron chi connectivity index (χ0n) is 60.1. The van der Waals surface area contributed by atoms with Gasteiger partial charge in [0, 0.05) is 301 Å². The van der Waals surface area contributed by atoms with Crippen molar-refractivity contribution in [3.8, 4) is 93.4 Å². The Hall–Kier alpha value is 1.79. The van der Waals surface area contributed by atoms with Gasteiger partial charge in [0.2, 0.25) is 0 Å². The molecule has 0 spiro atoms. The van der Waals surface area contributed by atoms with E-state index in [-0.39, 0.29) is 300 Å². The molecule has 0 amide bonds. The molecule has 5 N–H and O–H groups in total. The number of hydrogen-bond acceptors (Lipinski definition) is 14. The number of rotatable bonds is 3. The van der Waals surface area contributed by atoms with Crippen LogP contribution in [-0.2, 0) is 229 Å². The van der Waals surface area contributed by atoms with E-state index in [2.05, 4.69) is 101 Å². The van der Waals surface area contributed by atoms with Gasteiger partial charge in [0.05, 0.1) is 56.7 Å². The van der Waals surface area contributed by atoms with Crippen LogP contribution in [0.5, 0.6) is 46.0 Å². The molecule has 8 rings (SSSR count). The van der Waals surface area contributed by atoms with E-state index in [0.29, 0.717) is 37.6 Å². The van der Waals surface area contributed by atoms with Crippen LogP contribution < -0.4 is 28.4 Å². The molecule has 0 fully saturated rings. The Morgan fingerprint density at radius 1 is 0.402 bits per heavy atom. The van der Waals surface area contributed by atoms with Gasteiger partial charge in [-0.15, -0.1) is 34.0 Å². The van der Waals surface area contributed by atoms with Crippen molar-refractivity contribution in [2.75, 3.05) is 46.2 Å². The van der Waals surface area contributed by atoms with E-state index in [1.807, 2.05) is 169 Å². The van der Waals surface area contributed by atoms with E-state index in [1.165, 1.54) is 23.5 Å². The first-order valence-electron chi connectivity index (χ1n) is 29.8. The normalized spacial score (nSPS) is 12.7. The molecule has 2 atom stereocenters. The zero-order chi connectivity index (χ0) is 65.8. The molecule has 0 saturated carbocycles. The van der Waals surface area contributed by atoms with Gasteiger partial charge < -0.3 is 54.0 Å². The number of fused-ring (bicyclic) bond motifs is 3. The second kappa shape index (κ2) is 67.3. The van der Waals surface area contributed by atoms with Crippen molar-refractivity contribution in [3.05, 3.63) is 90.9 Å². The number of phenolic OH excluding ortho intramolecular Hbond substituents is 2. The molecule has 0 bridgehead atoms. The Labute approximate surface area is 747 Å². The quantitative estimate of drug-likeness (QED) is 0.0666. The number of aliphatic hydroxyl groups excluding tert-OH is 3. The Kier molecular flexibility index (Phi) is 84.1. The number of ether oxygens (including phenoxy) is 6. The minimum atomic E-state index is -0.197. The summed E-state index contributed by atoms with van der Waals surface area (Å²) < 4.78 is 32.4. The average Bonchev–Trinajstić information content (AvgIpc) is 1.52. The van der Waals surface area contributed by atoms with Crippen LogP contribution in [-0.4, -0.2) is 84.0 Å². The van der Waals surface area contributed by atoms with Gasteiger partial charge in [-0.25, -0.2) is 36.1 Å². The summed E-state index contributed by atoms with van der Waals surface area (Å²) in [5.74, 6) is 29.3. The predicted octanol–water partition coefficient (Wildman–Crippen LogP) is 17.4. The number of thiophene rings is 3. The van der Waals surface area contributed by atoms with Gasteiger partial charge in [-0.2, -0.15) is 23.0 Å². The molecular weight excluding hydrogens is 1750 g/mol. The van der Waals surface area contributed by atoms with Gasteiger partial charge >= 0.3 is 0 Å². The molecule has 3 aliphatic heterocycles. The third-order valence-corrected chi connectivity index (χ3v) is 11.4. The number of phenols is 2.